The molecule has 0 radical (unpaired) electrons. The van der Waals surface area contributed by atoms with E-state index in [9.17, 15) is 4.79 Å². The fourth-order valence-electron chi connectivity index (χ4n) is 2.01. The van der Waals surface area contributed by atoms with Crippen LogP contribution in [0.5, 0.6) is 0 Å². The topological polar surface area (TPSA) is 41.1 Å². The third-order valence-corrected chi connectivity index (χ3v) is 3.07. The highest BCUT2D eigenvalue weighted by atomic mass is 16.1. The van der Waals surface area contributed by atoms with Gasteiger partial charge in [-0.2, -0.15) is 0 Å². The molecule has 0 aliphatic rings. The summed E-state index contributed by atoms with van der Waals surface area (Å²) in [5.74, 6) is 0.0130. The molecule has 0 aromatic heterocycles. The first-order valence-corrected chi connectivity index (χ1v) is 6.85. The number of benzene rings is 2. The fourth-order valence-corrected chi connectivity index (χ4v) is 2.01. The van der Waals surface area contributed by atoms with Gasteiger partial charge in [-0.1, -0.05) is 54.6 Å². The lowest BCUT2D eigenvalue weighted by atomic mass is 10.0. The Morgan fingerprint density at radius 1 is 0.900 bits per heavy atom. The minimum atomic E-state index is 0.0130. The molecule has 0 bridgehead atoms. The maximum atomic E-state index is 10.7. The standard InChI is InChI=1S/C17H20N2O/c1-14(20)19-12-11-18-13-15-7-9-17(10-8-15)16-5-3-2-4-6-16/h2-10,18H,11-13H2,1H3,(H,19,20). The normalized spacial score (nSPS) is 10.2. The van der Waals surface area contributed by atoms with Crippen LogP contribution >= 0.6 is 0 Å². The summed E-state index contributed by atoms with van der Waals surface area (Å²) in [5.41, 5.74) is 3.71. The smallest absolute Gasteiger partial charge is 0.216 e. The predicted octanol–water partition coefficient (Wildman–Crippen LogP) is 2.58. The molecule has 1 amide bonds. The first kappa shape index (κ1) is 14.3. The number of hydrogen-bond acceptors (Lipinski definition) is 2. The molecule has 3 nitrogen and oxygen atoms in total. The van der Waals surface area contributed by atoms with Crippen molar-refractivity contribution < 1.29 is 4.79 Å². The van der Waals surface area contributed by atoms with Crippen molar-refractivity contribution >= 4 is 5.91 Å². The first-order valence-electron chi connectivity index (χ1n) is 6.85. The SMILES string of the molecule is CC(=O)NCCNCc1ccc(-c2ccccc2)cc1. The number of hydrogen-bond donors (Lipinski definition) is 2. The molecule has 3 heteroatoms. The number of amides is 1. The molecule has 0 aliphatic carbocycles. The highest BCUT2D eigenvalue weighted by Gasteiger charge is 1.97. The molecule has 0 saturated heterocycles. The van der Waals surface area contributed by atoms with Crippen LogP contribution in [0.4, 0.5) is 0 Å². The van der Waals surface area contributed by atoms with Gasteiger partial charge in [-0.25, -0.2) is 0 Å². The highest BCUT2D eigenvalue weighted by Crippen LogP contribution is 2.18. The van der Waals surface area contributed by atoms with Gasteiger partial charge in [0.2, 0.25) is 5.91 Å². The number of carbonyl (C=O) groups excluding carboxylic acids is 1. The molecule has 20 heavy (non-hydrogen) atoms. The van der Waals surface area contributed by atoms with E-state index >= 15 is 0 Å². The Morgan fingerprint density at radius 2 is 1.55 bits per heavy atom. The van der Waals surface area contributed by atoms with Crippen molar-refractivity contribution in [3.05, 3.63) is 60.2 Å². The molecule has 0 spiro atoms. The minimum absolute atomic E-state index is 0.0130. The molecule has 0 heterocycles. The van der Waals surface area contributed by atoms with Crippen molar-refractivity contribution in [3.8, 4) is 11.1 Å². The van der Waals surface area contributed by atoms with Crippen molar-refractivity contribution in [3.63, 3.8) is 0 Å². The summed E-state index contributed by atoms with van der Waals surface area (Å²) >= 11 is 0. The van der Waals surface area contributed by atoms with Crippen LogP contribution in [0.3, 0.4) is 0 Å². The predicted molar refractivity (Wildman–Crippen MR) is 82.3 cm³/mol. The maximum absolute atomic E-state index is 10.7. The van der Waals surface area contributed by atoms with Crippen LogP contribution in [0.15, 0.2) is 54.6 Å². The monoisotopic (exact) mass is 268 g/mol. The van der Waals surface area contributed by atoms with Gasteiger partial charge in [0.15, 0.2) is 0 Å². The quantitative estimate of drug-likeness (QED) is 0.791. The van der Waals surface area contributed by atoms with E-state index in [0.29, 0.717) is 6.54 Å². The second kappa shape index (κ2) is 7.46. The Hall–Kier alpha value is -2.13. The minimum Gasteiger partial charge on any atom is -0.355 e. The Labute approximate surface area is 120 Å². The zero-order valence-corrected chi connectivity index (χ0v) is 11.7. The van der Waals surface area contributed by atoms with Gasteiger partial charge in [0, 0.05) is 26.6 Å². The molecule has 0 fully saturated rings. The molecule has 104 valence electrons. The zero-order valence-electron chi connectivity index (χ0n) is 11.7. The molecular weight excluding hydrogens is 248 g/mol. The molecule has 2 aromatic carbocycles. The molecule has 0 aliphatic heterocycles. The summed E-state index contributed by atoms with van der Waals surface area (Å²) in [6, 6.07) is 18.9. The van der Waals surface area contributed by atoms with Crippen LogP contribution in [-0.4, -0.2) is 19.0 Å². The lowest BCUT2D eigenvalue weighted by Crippen LogP contribution is -2.29. The molecule has 2 N–H and O–H groups in total. The Kier molecular flexibility index (Phi) is 5.33. The van der Waals surface area contributed by atoms with Gasteiger partial charge in [0.1, 0.15) is 0 Å². The van der Waals surface area contributed by atoms with Gasteiger partial charge in [0.05, 0.1) is 0 Å². The highest BCUT2D eigenvalue weighted by molar-refractivity contribution is 5.72. The van der Waals surface area contributed by atoms with Crippen molar-refractivity contribution in [1.29, 1.82) is 0 Å². The Bertz CT molecular complexity index is 535. The van der Waals surface area contributed by atoms with Gasteiger partial charge in [-0.05, 0) is 16.7 Å². The summed E-state index contributed by atoms with van der Waals surface area (Å²) < 4.78 is 0. The zero-order chi connectivity index (χ0) is 14.2. The van der Waals surface area contributed by atoms with Crippen LogP contribution in [0.2, 0.25) is 0 Å². The molecule has 2 rings (SSSR count). The summed E-state index contributed by atoms with van der Waals surface area (Å²) in [6.07, 6.45) is 0. The molecular formula is C17H20N2O. The fraction of sp³-hybridized carbons (Fsp3) is 0.235. The molecule has 0 saturated carbocycles. The Balaban J connectivity index is 1.82. The summed E-state index contributed by atoms with van der Waals surface area (Å²) in [7, 11) is 0. The largest absolute Gasteiger partial charge is 0.355 e. The van der Waals surface area contributed by atoms with Crippen molar-refractivity contribution in [1.82, 2.24) is 10.6 Å². The van der Waals surface area contributed by atoms with Gasteiger partial charge in [0.25, 0.3) is 0 Å². The van der Waals surface area contributed by atoms with Crippen molar-refractivity contribution in [2.24, 2.45) is 0 Å². The molecule has 0 atom stereocenters. The van der Waals surface area contributed by atoms with Crippen LogP contribution in [0.1, 0.15) is 12.5 Å². The number of nitrogens with one attached hydrogen (secondary N) is 2. The lowest BCUT2D eigenvalue weighted by molar-refractivity contribution is -0.118. The van der Waals surface area contributed by atoms with E-state index in [1.807, 2.05) is 18.2 Å². The lowest BCUT2D eigenvalue weighted by Gasteiger charge is -2.07. The number of rotatable bonds is 6. The van der Waals surface area contributed by atoms with E-state index in [-0.39, 0.29) is 5.91 Å². The number of carbonyl (C=O) groups is 1. The van der Waals surface area contributed by atoms with Crippen LogP contribution in [0, 0.1) is 0 Å². The maximum Gasteiger partial charge on any atom is 0.216 e. The van der Waals surface area contributed by atoms with E-state index in [1.165, 1.54) is 23.6 Å². The van der Waals surface area contributed by atoms with E-state index in [2.05, 4.69) is 47.0 Å². The van der Waals surface area contributed by atoms with E-state index in [0.717, 1.165) is 13.1 Å². The average molecular weight is 268 g/mol. The van der Waals surface area contributed by atoms with Gasteiger partial charge < -0.3 is 10.6 Å². The van der Waals surface area contributed by atoms with Crippen LogP contribution < -0.4 is 10.6 Å². The van der Waals surface area contributed by atoms with Gasteiger partial charge in [-0.3, -0.25) is 4.79 Å². The van der Waals surface area contributed by atoms with Gasteiger partial charge >= 0.3 is 0 Å². The second-order valence-corrected chi connectivity index (χ2v) is 4.72. The third kappa shape index (κ3) is 4.52. The van der Waals surface area contributed by atoms with Crippen molar-refractivity contribution in [2.45, 2.75) is 13.5 Å². The second-order valence-electron chi connectivity index (χ2n) is 4.72. The van der Waals surface area contributed by atoms with E-state index in [1.54, 1.807) is 0 Å². The van der Waals surface area contributed by atoms with E-state index in [4.69, 9.17) is 0 Å². The van der Waals surface area contributed by atoms with Crippen LogP contribution in [0.25, 0.3) is 11.1 Å². The summed E-state index contributed by atoms with van der Waals surface area (Å²) in [4.78, 5) is 10.7. The van der Waals surface area contributed by atoms with E-state index < -0.39 is 0 Å². The average Bonchev–Trinajstić information content (AvgIpc) is 2.48. The van der Waals surface area contributed by atoms with Gasteiger partial charge in [-0.15, -0.1) is 0 Å². The Morgan fingerprint density at radius 3 is 2.20 bits per heavy atom. The summed E-state index contributed by atoms with van der Waals surface area (Å²) in [6.45, 7) is 3.79. The summed E-state index contributed by atoms with van der Waals surface area (Å²) in [5, 5.41) is 6.06. The van der Waals surface area contributed by atoms with Crippen LogP contribution in [-0.2, 0) is 11.3 Å². The molecule has 2 aromatic rings. The van der Waals surface area contributed by atoms with Crippen molar-refractivity contribution in [2.75, 3.05) is 13.1 Å². The third-order valence-electron chi connectivity index (χ3n) is 3.07. The first-order chi connectivity index (χ1) is 9.75. The molecule has 0 unspecified atom stereocenters.